The molecule has 154 valence electrons. The van der Waals surface area contributed by atoms with E-state index in [4.69, 9.17) is 27.3 Å². The van der Waals surface area contributed by atoms with E-state index in [2.05, 4.69) is 5.92 Å². The number of hydrogen-bond donors (Lipinski definition) is 0. The first-order chi connectivity index (χ1) is 13.5. The molecule has 0 aliphatic rings. The normalized spacial score (nSPS) is 13.4. The molecule has 0 heterocycles. The van der Waals surface area contributed by atoms with Crippen LogP contribution in [0.4, 0.5) is 18.9 Å². The molecule has 11 heteroatoms. The molecule has 0 amide bonds. The van der Waals surface area contributed by atoms with Gasteiger partial charge in [-0.25, -0.2) is 0 Å². The van der Waals surface area contributed by atoms with Crippen molar-refractivity contribution in [2.75, 3.05) is 12.8 Å². The van der Waals surface area contributed by atoms with Crippen LogP contribution in [0.15, 0.2) is 36.4 Å². The van der Waals surface area contributed by atoms with Crippen molar-refractivity contribution in [1.82, 2.24) is 0 Å². The standard InChI is InChI=1S/C18H14ClF3NO5P/c1-3-9-27-29(26,4-2)17-11-13(6-7-15(17)23(24)25)28-16-8-5-12(10-14(16)19)18(20,21)22/h1,5-8,10-11H,4,9H2,2H3. The highest BCUT2D eigenvalue weighted by Gasteiger charge is 2.33. The third-order valence-electron chi connectivity index (χ3n) is 3.77. The highest BCUT2D eigenvalue weighted by atomic mass is 35.5. The molecule has 0 saturated carbocycles. The van der Waals surface area contributed by atoms with E-state index >= 15 is 0 Å². The van der Waals surface area contributed by atoms with Gasteiger partial charge >= 0.3 is 6.18 Å². The Bertz CT molecular complexity index is 1020. The van der Waals surface area contributed by atoms with Crippen molar-refractivity contribution in [1.29, 1.82) is 0 Å². The minimum Gasteiger partial charge on any atom is -0.456 e. The second-order valence-corrected chi connectivity index (χ2v) is 8.75. The molecule has 2 aromatic rings. The van der Waals surface area contributed by atoms with E-state index in [0.29, 0.717) is 6.07 Å². The fourth-order valence-electron chi connectivity index (χ4n) is 2.35. The van der Waals surface area contributed by atoms with Crippen LogP contribution in [0.3, 0.4) is 0 Å². The molecule has 29 heavy (non-hydrogen) atoms. The Hall–Kier alpha value is -2.53. The summed E-state index contributed by atoms with van der Waals surface area (Å²) in [5, 5.41) is 10.8. The summed E-state index contributed by atoms with van der Waals surface area (Å²) >= 11 is 5.86. The molecule has 2 rings (SSSR count). The van der Waals surface area contributed by atoms with Crippen LogP contribution in [0.2, 0.25) is 5.02 Å². The minimum atomic E-state index is -4.58. The quantitative estimate of drug-likeness (QED) is 0.238. The molecule has 0 N–H and O–H groups in total. The zero-order chi connectivity index (χ0) is 21.8. The average molecular weight is 448 g/mol. The van der Waals surface area contributed by atoms with Crippen molar-refractivity contribution in [3.63, 3.8) is 0 Å². The molecule has 0 fully saturated rings. The summed E-state index contributed by atoms with van der Waals surface area (Å²) in [5.41, 5.74) is -1.42. The van der Waals surface area contributed by atoms with Crippen LogP contribution in [0.1, 0.15) is 12.5 Å². The van der Waals surface area contributed by atoms with Crippen molar-refractivity contribution < 1.29 is 31.9 Å². The summed E-state index contributed by atoms with van der Waals surface area (Å²) in [6.45, 7) is 1.19. The Labute approximate surface area is 169 Å². The van der Waals surface area contributed by atoms with Gasteiger partial charge in [-0.2, -0.15) is 13.2 Å². The van der Waals surface area contributed by atoms with Crippen LogP contribution < -0.4 is 10.0 Å². The number of hydrogen-bond acceptors (Lipinski definition) is 5. The van der Waals surface area contributed by atoms with Gasteiger partial charge in [0.25, 0.3) is 5.69 Å². The van der Waals surface area contributed by atoms with Gasteiger partial charge in [0, 0.05) is 18.3 Å². The van der Waals surface area contributed by atoms with Crippen molar-refractivity contribution in [3.8, 4) is 23.8 Å². The summed E-state index contributed by atoms with van der Waals surface area (Å²) in [5.74, 6) is 2.01. The lowest BCUT2D eigenvalue weighted by Crippen LogP contribution is -2.15. The summed E-state index contributed by atoms with van der Waals surface area (Å²) in [6, 6.07) is 5.88. The minimum absolute atomic E-state index is 0.0229. The SMILES string of the molecule is C#CCOP(=O)(CC)c1cc(Oc2ccc(C(F)(F)F)cc2Cl)ccc1[N+](=O)[O-]. The van der Waals surface area contributed by atoms with Gasteiger partial charge in [-0.1, -0.05) is 24.4 Å². The maximum absolute atomic E-state index is 13.1. The average Bonchev–Trinajstić information content (AvgIpc) is 2.66. The highest BCUT2D eigenvalue weighted by molar-refractivity contribution is 7.67. The number of nitrogens with zero attached hydrogens (tertiary/aromatic N) is 1. The van der Waals surface area contributed by atoms with Crippen LogP contribution in [0.5, 0.6) is 11.5 Å². The van der Waals surface area contributed by atoms with E-state index in [-0.39, 0.29) is 34.6 Å². The van der Waals surface area contributed by atoms with Gasteiger partial charge < -0.3 is 9.26 Å². The summed E-state index contributed by atoms with van der Waals surface area (Å²) in [6.07, 6.45) is 0.460. The molecule has 6 nitrogen and oxygen atoms in total. The van der Waals surface area contributed by atoms with E-state index in [1.807, 2.05) is 0 Å². The van der Waals surface area contributed by atoms with Crippen LogP contribution in [-0.4, -0.2) is 17.7 Å². The van der Waals surface area contributed by atoms with Gasteiger partial charge in [0.2, 0.25) is 7.37 Å². The predicted molar refractivity (Wildman–Crippen MR) is 102 cm³/mol. The summed E-state index contributed by atoms with van der Waals surface area (Å²) in [4.78, 5) is 10.6. The number of rotatable bonds is 7. The molecule has 0 aliphatic carbocycles. The third kappa shape index (κ3) is 5.30. The number of nitro groups is 1. The Kier molecular flexibility index (Phi) is 6.96. The first-order valence-electron chi connectivity index (χ1n) is 8.02. The van der Waals surface area contributed by atoms with Crippen LogP contribution in [0.25, 0.3) is 0 Å². The van der Waals surface area contributed by atoms with Gasteiger partial charge in [0.05, 0.1) is 15.5 Å². The van der Waals surface area contributed by atoms with E-state index in [9.17, 15) is 27.9 Å². The molecule has 0 aromatic heterocycles. The number of nitro benzene ring substituents is 1. The van der Waals surface area contributed by atoms with Crippen molar-refractivity contribution in [3.05, 3.63) is 57.1 Å². The second kappa shape index (κ2) is 8.87. The number of ether oxygens (including phenoxy) is 1. The lowest BCUT2D eigenvalue weighted by Gasteiger charge is -2.17. The first-order valence-corrected chi connectivity index (χ1v) is 10.2. The molecule has 1 unspecified atom stereocenters. The van der Waals surface area contributed by atoms with Crippen LogP contribution in [0, 0.1) is 22.5 Å². The molecule has 0 saturated heterocycles. The molecular formula is C18H14ClF3NO5P. The fraction of sp³-hybridized carbons (Fsp3) is 0.222. The number of terminal acetylenes is 1. The monoisotopic (exact) mass is 447 g/mol. The lowest BCUT2D eigenvalue weighted by molar-refractivity contribution is -0.383. The van der Waals surface area contributed by atoms with Gasteiger partial charge in [0.15, 0.2) is 0 Å². The molecule has 0 spiro atoms. The van der Waals surface area contributed by atoms with Crippen molar-refractivity contribution in [2.24, 2.45) is 0 Å². The number of alkyl halides is 3. The summed E-state index contributed by atoms with van der Waals surface area (Å²) < 4.78 is 62.0. The molecule has 0 bridgehead atoms. The smallest absolute Gasteiger partial charge is 0.416 e. The topological polar surface area (TPSA) is 78.7 Å². The molecule has 0 radical (unpaired) electrons. The molecule has 0 aliphatic heterocycles. The van der Waals surface area contributed by atoms with Crippen molar-refractivity contribution in [2.45, 2.75) is 13.1 Å². The lowest BCUT2D eigenvalue weighted by atomic mass is 10.2. The first kappa shape index (κ1) is 22.8. The second-order valence-electron chi connectivity index (χ2n) is 5.62. The van der Waals surface area contributed by atoms with Gasteiger partial charge in [-0.15, -0.1) is 6.42 Å². The Morgan fingerprint density at radius 3 is 2.48 bits per heavy atom. The van der Waals surface area contributed by atoms with Gasteiger partial charge in [-0.05, 0) is 24.3 Å². The Morgan fingerprint density at radius 1 is 1.28 bits per heavy atom. The Balaban J connectivity index is 2.47. The number of benzene rings is 2. The van der Waals surface area contributed by atoms with E-state index < -0.39 is 29.7 Å². The summed E-state index contributed by atoms with van der Waals surface area (Å²) in [7, 11) is -3.68. The van der Waals surface area contributed by atoms with Gasteiger partial charge in [0.1, 0.15) is 23.4 Å². The largest absolute Gasteiger partial charge is 0.456 e. The zero-order valence-corrected chi connectivity index (χ0v) is 16.6. The van der Waals surface area contributed by atoms with E-state index in [1.54, 1.807) is 0 Å². The molecular weight excluding hydrogens is 434 g/mol. The van der Waals surface area contributed by atoms with Gasteiger partial charge in [-0.3, -0.25) is 14.7 Å². The molecule has 2 aromatic carbocycles. The number of halogens is 4. The maximum atomic E-state index is 13.1. The predicted octanol–water partition coefficient (Wildman–Crippen LogP) is 5.63. The van der Waals surface area contributed by atoms with Crippen LogP contribution >= 0.6 is 19.0 Å². The van der Waals surface area contributed by atoms with Crippen molar-refractivity contribution >= 4 is 30.0 Å². The molecule has 1 atom stereocenters. The Morgan fingerprint density at radius 2 is 1.97 bits per heavy atom. The van der Waals surface area contributed by atoms with E-state index in [1.165, 1.54) is 13.0 Å². The van der Waals surface area contributed by atoms with E-state index in [0.717, 1.165) is 24.3 Å². The highest BCUT2D eigenvalue weighted by Crippen LogP contribution is 2.48. The maximum Gasteiger partial charge on any atom is 0.416 e. The zero-order valence-electron chi connectivity index (χ0n) is 14.9. The fourth-order valence-corrected chi connectivity index (χ4v) is 4.35. The van der Waals surface area contributed by atoms with Crippen LogP contribution in [-0.2, 0) is 15.3 Å². The third-order valence-corrected chi connectivity index (χ3v) is 6.54.